The Morgan fingerprint density at radius 1 is 1.53 bits per heavy atom. The van der Waals surface area contributed by atoms with Crippen molar-refractivity contribution in [2.75, 3.05) is 5.32 Å². The third kappa shape index (κ3) is 1.93. The molecule has 0 atom stereocenters. The second-order valence-corrected chi connectivity index (χ2v) is 4.42. The van der Waals surface area contributed by atoms with Crippen LogP contribution in [-0.4, -0.2) is 31.4 Å². The van der Waals surface area contributed by atoms with Crippen LogP contribution in [0.2, 0.25) is 0 Å². The van der Waals surface area contributed by atoms with E-state index in [0.717, 1.165) is 16.7 Å². The molecule has 0 fully saturated rings. The van der Waals surface area contributed by atoms with Crippen molar-refractivity contribution in [2.24, 2.45) is 7.05 Å². The number of carboxylic acid groups (broad SMARTS) is 1. The fraction of sp³-hybridized carbons (Fsp3) is 0.364. The highest BCUT2D eigenvalue weighted by atomic mass is 16.4. The average molecular weight is 234 g/mol. The van der Waals surface area contributed by atoms with Gasteiger partial charge in [0.15, 0.2) is 5.65 Å². The molecule has 0 bridgehead atoms. The summed E-state index contributed by atoms with van der Waals surface area (Å²) in [7, 11) is 1.79. The first-order valence-corrected chi connectivity index (χ1v) is 5.20. The number of aryl methyl sites for hydroxylation is 1. The molecular formula is C11H14N4O2. The molecule has 2 aromatic heterocycles. The van der Waals surface area contributed by atoms with Crippen LogP contribution in [-0.2, 0) is 11.8 Å². The van der Waals surface area contributed by atoms with Gasteiger partial charge in [0, 0.05) is 18.9 Å². The number of pyridine rings is 1. The zero-order valence-electron chi connectivity index (χ0n) is 9.93. The molecular weight excluding hydrogens is 220 g/mol. The summed E-state index contributed by atoms with van der Waals surface area (Å²) >= 11 is 0. The molecule has 0 spiro atoms. The summed E-state index contributed by atoms with van der Waals surface area (Å²) in [6.07, 6.45) is 3.30. The van der Waals surface area contributed by atoms with Gasteiger partial charge in [-0.15, -0.1) is 0 Å². The number of nitrogens with one attached hydrogen (secondary N) is 1. The van der Waals surface area contributed by atoms with Crippen molar-refractivity contribution in [1.82, 2.24) is 14.8 Å². The lowest BCUT2D eigenvalue weighted by Gasteiger charge is -2.22. The zero-order valence-corrected chi connectivity index (χ0v) is 9.93. The maximum Gasteiger partial charge on any atom is 0.328 e. The van der Waals surface area contributed by atoms with E-state index < -0.39 is 11.5 Å². The van der Waals surface area contributed by atoms with E-state index in [2.05, 4.69) is 15.4 Å². The van der Waals surface area contributed by atoms with E-state index in [1.54, 1.807) is 44.0 Å². The van der Waals surface area contributed by atoms with Gasteiger partial charge in [-0.05, 0) is 19.9 Å². The van der Waals surface area contributed by atoms with E-state index in [1.165, 1.54) is 0 Å². The van der Waals surface area contributed by atoms with Gasteiger partial charge in [0.05, 0.1) is 11.6 Å². The van der Waals surface area contributed by atoms with Crippen molar-refractivity contribution >= 4 is 22.7 Å². The van der Waals surface area contributed by atoms with E-state index in [1.807, 2.05) is 0 Å². The van der Waals surface area contributed by atoms with Gasteiger partial charge < -0.3 is 10.4 Å². The molecule has 17 heavy (non-hydrogen) atoms. The average Bonchev–Trinajstić information content (AvgIpc) is 2.61. The number of nitrogens with zero attached hydrogens (tertiary/aromatic N) is 3. The molecule has 6 nitrogen and oxygen atoms in total. The maximum atomic E-state index is 11.1. The summed E-state index contributed by atoms with van der Waals surface area (Å²) in [6.45, 7) is 3.22. The number of anilines is 1. The number of aromatic nitrogens is 3. The quantitative estimate of drug-likeness (QED) is 0.835. The van der Waals surface area contributed by atoms with Crippen LogP contribution in [0.1, 0.15) is 13.8 Å². The summed E-state index contributed by atoms with van der Waals surface area (Å²) in [5.74, 6) is -0.911. The standard InChI is InChI=1S/C11H14N4O2/c1-11(2,10(16)17)14-8-4-5-12-9-7(8)6-13-15(9)3/h4-6H,1-3H3,(H,12,14)(H,16,17). The monoisotopic (exact) mass is 234 g/mol. The molecule has 0 aromatic carbocycles. The molecule has 0 saturated heterocycles. The predicted molar refractivity (Wildman–Crippen MR) is 63.8 cm³/mol. The summed E-state index contributed by atoms with van der Waals surface area (Å²) in [5.41, 5.74) is 0.399. The fourth-order valence-electron chi connectivity index (χ4n) is 1.55. The van der Waals surface area contributed by atoms with E-state index in [4.69, 9.17) is 5.11 Å². The molecule has 6 heteroatoms. The number of hydrogen-bond donors (Lipinski definition) is 2. The van der Waals surface area contributed by atoms with Crippen LogP contribution in [0, 0.1) is 0 Å². The van der Waals surface area contributed by atoms with Gasteiger partial charge in [0.2, 0.25) is 0 Å². The largest absolute Gasteiger partial charge is 0.480 e. The minimum Gasteiger partial charge on any atom is -0.480 e. The first kappa shape index (κ1) is 11.4. The number of fused-ring (bicyclic) bond motifs is 1. The molecule has 0 saturated carbocycles. The Morgan fingerprint density at radius 2 is 2.24 bits per heavy atom. The summed E-state index contributed by atoms with van der Waals surface area (Å²) < 4.78 is 1.65. The summed E-state index contributed by atoms with van der Waals surface area (Å²) in [6, 6.07) is 1.74. The first-order valence-electron chi connectivity index (χ1n) is 5.20. The van der Waals surface area contributed by atoms with Crippen molar-refractivity contribution in [1.29, 1.82) is 0 Å². The fourth-order valence-corrected chi connectivity index (χ4v) is 1.55. The van der Waals surface area contributed by atoms with Crippen LogP contribution in [0.4, 0.5) is 5.69 Å². The Morgan fingerprint density at radius 3 is 2.88 bits per heavy atom. The van der Waals surface area contributed by atoms with E-state index in [-0.39, 0.29) is 0 Å². The Labute approximate surface area is 98.3 Å². The van der Waals surface area contributed by atoms with Crippen molar-refractivity contribution < 1.29 is 9.90 Å². The van der Waals surface area contributed by atoms with E-state index in [0.29, 0.717) is 0 Å². The summed E-state index contributed by atoms with van der Waals surface area (Å²) in [5, 5.41) is 17.0. The molecule has 90 valence electrons. The van der Waals surface area contributed by atoms with E-state index in [9.17, 15) is 4.79 Å². The van der Waals surface area contributed by atoms with Crippen LogP contribution in [0.3, 0.4) is 0 Å². The Hall–Kier alpha value is -2.11. The Bertz CT molecular complexity index is 574. The lowest BCUT2D eigenvalue weighted by Crippen LogP contribution is -2.40. The first-order chi connectivity index (χ1) is 7.92. The van der Waals surface area contributed by atoms with Gasteiger partial charge in [0.1, 0.15) is 5.54 Å². The smallest absolute Gasteiger partial charge is 0.328 e. The number of aliphatic carboxylic acids is 1. The molecule has 2 N–H and O–H groups in total. The highest BCUT2D eigenvalue weighted by Crippen LogP contribution is 2.23. The lowest BCUT2D eigenvalue weighted by atomic mass is 10.1. The zero-order chi connectivity index (χ0) is 12.6. The van der Waals surface area contributed by atoms with Crippen molar-refractivity contribution in [3.63, 3.8) is 0 Å². The lowest BCUT2D eigenvalue weighted by molar-refractivity contribution is -0.141. The van der Waals surface area contributed by atoms with Gasteiger partial charge in [-0.1, -0.05) is 0 Å². The second-order valence-electron chi connectivity index (χ2n) is 4.42. The van der Waals surface area contributed by atoms with Crippen molar-refractivity contribution in [3.05, 3.63) is 18.5 Å². The highest BCUT2D eigenvalue weighted by Gasteiger charge is 2.27. The van der Waals surface area contributed by atoms with Gasteiger partial charge in [-0.3, -0.25) is 4.68 Å². The molecule has 2 heterocycles. The number of rotatable bonds is 3. The van der Waals surface area contributed by atoms with Gasteiger partial charge in [-0.25, -0.2) is 9.78 Å². The molecule has 0 radical (unpaired) electrons. The van der Waals surface area contributed by atoms with Crippen LogP contribution >= 0.6 is 0 Å². The molecule has 0 aliphatic carbocycles. The Balaban J connectivity index is 2.46. The number of carbonyl (C=O) groups is 1. The van der Waals surface area contributed by atoms with Crippen molar-refractivity contribution in [3.8, 4) is 0 Å². The second kappa shape index (κ2) is 3.73. The van der Waals surface area contributed by atoms with Crippen LogP contribution < -0.4 is 5.32 Å². The number of hydrogen-bond acceptors (Lipinski definition) is 4. The third-order valence-electron chi connectivity index (χ3n) is 2.62. The minimum atomic E-state index is -1.04. The number of carboxylic acids is 1. The molecule has 2 aromatic rings. The van der Waals surface area contributed by atoms with Crippen molar-refractivity contribution in [2.45, 2.75) is 19.4 Å². The molecule has 2 rings (SSSR count). The third-order valence-corrected chi connectivity index (χ3v) is 2.62. The molecule has 0 amide bonds. The molecule has 0 aliphatic heterocycles. The van der Waals surface area contributed by atoms with Gasteiger partial charge in [-0.2, -0.15) is 5.10 Å². The minimum absolute atomic E-state index is 0.718. The molecule has 0 unspecified atom stereocenters. The highest BCUT2D eigenvalue weighted by molar-refractivity contribution is 5.91. The van der Waals surface area contributed by atoms with E-state index >= 15 is 0 Å². The Kier molecular flexibility index (Phi) is 2.49. The SMILES string of the molecule is Cn1ncc2c(NC(C)(C)C(=O)O)ccnc21. The van der Waals surface area contributed by atoms with Gasteiger partial charge in [0.25, 0.3) is 0 Å². The maximum absolute atomic E-state index is 11.1. The normalized spacial score (nSPS) is 11.7. The topological polar surface area (TPSA) is 80.0 Å². The van der Waals surface area contributed by atoms with Crippen LogP contribution in [0.25, 0.3) is 11.0 Å². The molecule has 0 aliphatic rings. The van der Waals surface area contributed by atoms with Gasteiger partial charge >= 0.3 is 5.97 Å². The van der Waals surface area contributed by atoms with Crippen LogP contribution in [0.5, 0.6) is 0 Å². The van der Waals surface area contributed by atoms with Crippen LogP contribution in [0.15, 0.2) is 18.5 Å². The summed E-state index contributed by atoms with van der Waals surface area (Å²) in [4.78, 5) is 15.3. The predicted octanol–water partition coefficient (Wildman–Crippen LogP) is 1.24.